The molecule has 2 aromatic rings. The number of nitrogens with one attached hydrogen (secondary N) is 1. The van der Waals surface area contributed by atoms with Crippen molar-refractivity contribution in [3.8, 4) is 0 Å². The van der Waals surface area contributed by atoms with E-state index >= 15 is 0 Å². The SMILES string of the molecule is Cc1cc(Cl)c(NC(=O)[C@H](N)C(C)C)c2cccnc12. The number of nitrogens with two attached hydrogens (primary N) is 1. The average Bonchev–Trinajstić information content (AvgIpc) is 2.42. The number of anilines is 1. The first-order valence-electron chi connectivity index (χ1n) is 6.52. The maximum absolute atomic E-state index is 12.1. The zero-order valence-corrected chi connectivity index (χ0v) is 12.5. The average molecular weight is 292 g/mol. The van der Waals surface area contributed by atoms with Crippen molar-refractivity contribution >= 4 is 34.1 Å². The Morgan fingerprint density at radius 2 is 2.15 bits per heavy atom. The van der Waals surface area contributed by atoms with Gasteiger partial charge in [0.15, 0.2) is 0 Å². The highest BCUT2D eigenvalue weighted by molar-refractivity contribution is 6.35. The lowest BCUT2D eigenvalue weighted by Crippen LogP contribution is -2.39. The summed E-state index contributed by atoms with van der Waals surface area (Å²) >= 11 is 6.25. The zero-order valence-electron chi connectivity index (χ0n) is 11.8. The highest BCUT2D eigenvalue weighted by Crippen LogP contribution is 2.32. The van der Waals surface area contributed by atoms with Gasteiger partial charge in [0.2, 0.25) is 5.91 Å². The van der Waals surface area contributed by atoms with Gasteiger partial charge >= 0.3 is 0 Å². The van der Waals surface area contributed by atoms with Gasteiger partial charge in [-0.3, -0.25) is 9.78 Å². The van der Waals surface area contributed by atoms with Crippen molar-refractivity contribution < 1.29 is 4.79 Å². The van der Waals surface area contributed by atoms with Crippen molar-refractivity contribution in [2.45, 2.75) is 26.8 Å². The van der Waals surface area contributed by atoms with Crippen molar-refractivity contribution in [3.05, 3.63) is 35.0 Å². The van der Waals surface area contributed by atoms with E-state index in [0.717, 1.165) is 16.5 Å². The van der Waals surface area contributed by atoms with Gasteiger partial charge in [0.25, 0.3) is 0 Å². The molecule has 2 rings (SSSR count). The molecule has 1 amide bonds. The second-order valence-corrected chi connectivity index (χ2v) is 5.62. The first-order chi connectivity index (χ1) is 9.41. The molecule has 5 heteroatoms. The number of aryl methyl sites for hydroxylation is 1. The number of rotatable bonds is 3. The number of hydrogen-bond acceptors (Lipinski definition) is 3. The molecular formula is C15H18ClN3O. The van der Waals surface area contributed by atoms with Crippen molar-refractivity contribution in [2.75, 3.05) is 5.32 Å². The Labute approximate surface area is 123 Å². The van der Waals surface area contributed by atoms with Gasteiger partial charge in [-0.2, -0.15) is 0 Å². The predicted octanol–water partition coefficient (Wildman–Crippen LogP) is 3.12. The lowest BCUT2D eigenvalue weighted by molar-refractivity contribution is -0.118. The third-order valence-electron chi connectivity index (χ3n) is 3.30. The van der Waals surface area contributed by atoms with Crippen LogP contribution in [0.1, 0.15) is 19.4 Å². The van der Waals surface area contributed by atoms with Crippen LogP contribution in [-0.4, -0.2) is 16.9 Å². The van der Waals surface area contributed by atoms with E-state index in [2.05, 4.69) is 10.3 Å². The Hall–Kier alpha value is -1.65. The van der Waals surface area contributed by atoms with E-state index in [4.69, 9.17) is 17.3 Å². The minimum absolute atomic E-state index is 0.0589. The molecule has 0 bridgehead atoms. The third kappa shape index (κ3) is 2.76. The standard InChI is InChI=1S/C15H18ClN3O/c1-8(2)12(17)15(20)19-14-10-5-4-6-18-13(10)9(3)7-11(14)16/h4-8,12H,17H2,1-3H3,(H,19,20)/t12-/m1/s1. The van der Waals surface area contributed by atoms with E-state index in [9.17, 15) is 4.79 Å². The van der Waals surface area contributed by atoms with Gasteiger partial charge in [0.1, 0.15) is 0 Å². The molecule has 0 aliphatic heterocycles. The fourth-order valence-electron chi connectivity index (χ4n) is 2.02. The van der Waals surface area contributed by atoms with Gasteiger partial charge < -0.3 is 11.1 Å². The summed E-state index contributed by atoms with van der Waals surface area (Å²) in [6.07, 6.45) is 1.72. The smallest absolute Gasteiger partial charge is 0.241 e. The normalized spacial score (nSPS) is 12.7. The number of halogens is 1. The molecule has 3 N–H and O–H groups in total. The quantitative estimate of drug-likeness (QED) is 0.913. The first-order valence-corrected chi connectivity index (χ1v) is 6.90. The second kappa shape index (κ2) is 5.77. The summed E-state index contributed by atoms with van der Waals surface area (Å²) in [6.45, 7) is 5.74. The number of carbonyl (C=O) groups excluding carboxylic acids is 1. The van der Waals surface area contributed by atoms with Crippen LogP contribution in [0.4, 0.5) is 5.69 Å². The van der Waals surface area contributed by atoms with E-state index in [1.54, 1.807) is 12.3 Å². The van der Waals surface area contributed by atoms with E-state index in [1.165, 1.54) is 0 Å². The number of amides is 1. The van der Waals surface area contributed by atoms with Crippen LogP contribution in [0.3, 0.4) is 0 Å². The van der Waals surface area contributed by atoms with Crippen LogP contribution in [0.15, 0.2) is 24.4 Å². The molecule has 1 heterocycles. The van der Waals surface area contributed by atoms with Gasteiger partial charge in [-0.05, 0) is 36.6 Å². The molecule has 0 spiro atoms. The highest BCUT2D eigenvalue weighted by Gasteiger charge is 2.19. The lowest BCUT2D eigenvalue weighted by Gasteiger charge is -2.17. The van der Waals surface area contributed by atoms with Gasteiger partial charge in [-0.25, -0.2) is 0 Å². The lowest BCUT2D eigenvalue weighted by atomic mass is 10.0. The summed E-state index contributed by atoms with van der Waals surface area (Å²) in [6, 6.07) is 4.93. The second-order valence-electron chi connectivity index (χ2n) is 5.21. The number of hydrogen-bond donors (Lipinski definition) is 2. The molecule has 1 aromatic carbocycles. The van der Waals surface area contributed by atoms with Crippen LogP contribution < -0.4 is 11.1 Å². The number of benzene rings is 1. The third-order valence-corrected chi connectivity index (χ3v) is 3.60. The van der Waals surface area contributed by atoms with Gasteiger partial charge in [0, 0.05) is 11.6 Å². The first kappa shape index (κ1) is 14.8. The van der Waals surface area contributed by atoms with Gasteiger partial charge in [-0.1, -0.05) is 25.4 Å². The molecule has 0 saturated heterocycles. The van der Waals surface area contributed by atoms with Crippen molar-refractivity contribution in [1.29, 1.82) is 0 Å². The Balaban J connectivity index is 2.47. The fraction of sp³-hybridized carbons (Fsp3) is 0.333. The van der Waals surface area contributed by atoms with E-state index in [1.807, 2.05) is 32.9 Å². The van der Waals surface area contributed by atoms with E-state index < -0.39 is 6.04 Å². The van der Waals surface area contributed by atoms with Crippen molar-refractivity contribution in [3.63, 3.8) is 0 Å². The molecular weight excluding hydrogens is 274 g/mol. The zero-order chi connectivity index (χ0) is 14.9. The Bertz CT molecular complexity index is 655. The topological polar surface area (TPSA) is 68.0 Å². The number of fused-ring (bicyclic) bond motifs is 1. The summed E-state index contributed by atoms with van der Waals surface area (Å²) in [5, 5.41) is 4.14. The highest BCUT2D eigenvalue weighted by atomic mass is 35.5. The van der Waals surface area contributed by atoms with Crippen LogP contribution in [-0.2, 0) is 4.79 Å². The molecule has 0 aliphatic carbocycles. The van der Waals surface area contributed by atoms with Gasteiger partial charge in [-0.15, -0.1) is 0 Å². The minimum atomic E-state index is -0.570. The number of aromatic nitrogens is 1. The van der Waals surface area contributed by atoms with Crippen molar-refractivity contribution in [2.24, 2.45) is 11.7 Å². The molecule has 20 heavy (non-hydrogen) atoms. The van der Waals surface area contributed by atoms with Crippen LogP contribution in [0.2, 0.25) is 5.02 Å². The van der Waals surface area contributed by atoms with E-state index in [0.29, 0.717) is 10.7 Å². The van der Waals surface area contributed by atoms with Crippen LogP contribution >= 0.6 is 11.6 Å². The fourth-order valence-corrected chi connectivity index (χ4v) is 2.33. The summed E-state index contributed by atoms with van der Waals surface area (Å²) < 4.78 is 0. The summed E-state index contributed by atoms with van der Waals surface area (Å²) in [4.78, 5) is 16.4. The molecule has 1 atom stereocenters. The van der Waals surface area contributed by atoms with Crippen molar-refractivity contribution in [1.82, 2.24) is 4.98 Å². The summed E-state index contributed by atoms with van der Waals surface area (Å²) in [5.74, 6) is -0.181. The maximum Gasteiger partial charge on any atom is 0.241 e. The molecule has 0 saturated carbocycles. The number of carbonyl (C=O) groups is 1. The Morgan fingerprint density at radius 3 is 2.80 bits per heavy atom. The molecule has 0 aliphatic rings. The van der Waals surface area contributed by atoms with E-state index in [-0.39, 0.29) is 11.8 Å². The number of pyridine rings is 1. The molecule has 4 nitrogen and oxygen atoms in total. The molecule has 106 valence electrons. The largest absolute Gasteiger partial charge is 0.323 e. The number of nitrogens with zero attached hydrogens (tertiary/aromatic N) is 1. The summed E-state index contributed by atoms with van der Waals surface area (Å²) in [5.41, 5.74) is 8.23. The van der Waals surface area contributed by atoms with Crippen LogP contribution in [0.5, 0.6) is 0 Å². The minimum Gasteiger partial charge on any atom is -0.323 e. The van der Waals surface area contributed by atoms with Crippen LogP contribution in [0, 0.1) is 12.8 Å². The monoisotopic (exact) mass is 291 g/mol. The Kier molecular flexibility index (Phi) is 4.26. The van der Waals surface area contributed by atoms with Crippen LogP contribution in [0.25, 0.3) is 10.9 Å². The maximum atomic E-state index is 12.1. The predicted molar refractivity (Wildman–Crippen MR) is 82.9 cm³/mol. The summed E-state index contributed by atoms with van der Waals surface area (Å²) in [7, 11) is 0. The molecule has 0 unspecified atom stereocenters. The molecule has 0 fully saturated rings. The molecule has 1 aromatic heterocycles. The molecule has 0 radical (unpaired) electrons. The Morgan fingerprint density at radius 1 is 1.45 bits per heavy atom. The van der Waals surface area contributed by atoms with Gasteiger partial charge in [0.05, 0.1) is 22.3 Å².